The highest BCUT2D eigenvalue weighted by Gasteiger charge is 2.56. The molecular formula is C17H28O4. The van der Waals surface area contributed by atoms with Crippen molar-refractivity contribution in [1.82, 2.24) is 0 Å². The molecule has 1 aliphatic rings. The molecule has 0 radical (unpaired) electrons. The normalized spacial score (nSPS) is 25.4. The highest BCUT2D eigenvalue weighted by atomic mass is 16.6. The number of aliphatic hydroxyl groups is 3. The molecule has 0 aromatic carbocycles. The second kappa shape index (κ2) is 6.83. The van der Waals surface area contributed by atoms with Crippen LogP contribution < -0.4 is 0 Å². The van der Waals surface area contributed by atoms with E-state index < -0.39 is 17.0 Å². The Morgan fingerprint density at radius 2 is 1.90 bits per heavy atom. The van der Waals surface area contributed by atoms with Gasteiger partial charge < -0.3 is 20.1 Å². The Kier molecular flexibility index (Phi) is 5.86. The maximum absolute atomic E-state index is 10.7. The lowest BCUT2D eigenvalue weighted by Crippen LogP contribution is -2.52. The van der Waals surface area contributed by atoms with Crippen LogP contribution >= 0.6 is 0 Å². The van der Waals surface area contributed by atoms with Crippen LogP contribution in [0.5, 0.6) is 0 Å². The summed E-state index contributed by atoms with van der Waals surface area (Å²) in [4.78, 5) is 0. The molecule has 0 aromatic rings. The lowest BCUT2D eigenvalue weighted by Gasteiger charge is -2.37. The first-order valence-electron chi connectivity index (χ1n) is 7.67. The molecule has 0 spiro atoms. The summed E-state index contributed by atoms with van der Waals surface area (Å²) in [5, 5.41) is 30.8. The van der Waals surface area contributed by atoms with Crippen molar-refractivity contribution in [2.45, 2.75) is 83.2 Å². The molecule has 0 saturated heterocycles. The summed E-state index contributed by atoms with van der Waals surface area (Å²) >= 11 is 0. The van der Waals surface area contributed by atoms with Crippen molar-refractivity contribution in [3.05, 3.63) is 11.8 Å². The zero-order valence-electron chi connectivity index (χ0n) is 13.6. The van der Waals surface area contributed by atoms with Crippen LogP contribution in [-0.2, 0) is 4.74 Å². The van der Waals surface area contributed by atoms with Gasteiger partial charge in [-0.3, -0.25) is 0 Å². The van der Waals surface area contributed by atoms with E-state index in [2.05, 4.69) is 18.8 Å². The standard InChI is InChI=1S/C17H28O4/c1-5-6-7-8-9-11-14(21-15(2,3)4)16(18)12-10-13-17(16,19)20/h11,18-20H,5-7,10,12-13H2,1-4H3. The second-order valence-electron chi connectivity index (χ2n) is 6.68. The van der Waals surface area contributed by atoms with Crippen LogP contribution in [0, 0.1) is 11.8 Å². The largest absolute Gasteiger partial charge is 0.489 e. The van der Waals surface area contributed by atoms with E-state index in [0.29, 0.717) is 6.42 Å². The molecule has 0 heterocycles. The van der Waals surface area contributed by atoms with Crippen LogP contribution in [0.25, 0.3) is 0 Å². The van der Waals surface area contributed by atoms with Crippen molar-refractivity contribution in [1.29, 1.82) is 0 Å². The van der Waals surface area contributed by atoms with Gasteiger partial charge in [0.25, 0.3) is 0 Å². The van der Waals surface area contributed by atoms with Gasteiger partial charge in [0.2, 0.25) is 0 Å². The molecule has 1 aliphatic carbocycles. The maximum atomic E-state index is 10.7. The zero-order valence-corrected chi connectivity index (χ0v) is 13.6. The fraction of sp³-hybridized carbons (Fsp3) is 0.765. The van der Waals surface area contributed by atoms with Crippen LogP contribution in [0.4, 0.5) is 0 Å². The minimum atomic E-state index is -2.17. The summed E-state index contributed by atoms with van der Waals surface area (Å²) in [7, 11) is 0. The first-order chi connectivity index (χ1) is 9.62. The predicted octanol–water partition coefficient (Wildman–Crippen LogP) is 2.47. The van der Waals surface area contributed by atoms with E-state index in [-0.39, 0.29) is 18.6 Å². The quantitative estimate of drug-likeness (QED) is 0.323. The van der Waals surface area contributed by atoms with Gasteiger partial charge in [0.15, 0.2) is 11.4 Å². The molecule has 1 rings (SSSR count). The molecule has 0 amide bonds. The molecule has 120 valence electrons. The number of rotatable bonds is 4. The van der Waals surface area contributed by atoms with E-state index in [1.807, 2.05) is 20.8 Å². The van der Waals surface area contributed by atoms with E-state index in [9.17, 15) is 15.3 Å². The summed E-state index contributed by atoms with van der Waals surface area (Å²) in [6.07, 6.45) is 5.24. The van der Waals surface area contributed by atoms with Crippen molar-refractivity contribution in [3.8, 4) is 11.8 Å². The smallest absolute Gasteiger partial charge is 0.199 e. The zero-order chi connectivity index (χ0) is 16.1. The van der Waals surface area contributed by atoms with E-state index in [1.165, 1.54) is 6.08 Å². The second-order valence-corrected chi connectivity index (χ2v) is 6.68. The van der Waals surface area contributed by atoms with Crippen LogP contribution in [-0.4, -0.2) is 32.3 Å². The summed E-state index contributed by atoms with van der Waals surface area (Å²) in [5.41, 5.74) is -2.34. The summed E-state index contributed by atoms with van der Waals surface area (Å²) in [5.74, 6) is 3.82. The van der Waals surface area contributed by atoms with Gasteiger partial charge in [-0.05, 0) is 40.0 Å². The Balaban J connectivity index is 3.02. The fourth-order valence-electron chi connectivity index (χ4n) is 2.34. The van der Waals surface area contributed by atoms with Gasteiger partial charge in [-0.1, -0.05) is 25.2 Å². The van der Waals surface area contributed by atoms with Crippen molar-refractivity contribution in [2.24, 2.45) is 0 Å². The summed E-state index contributed by atoms with van der Waals surface area (Å²) in [6, 6.07) is 0. The maximum Gasteiger partial charge on any atom is 0.199 e. The van der Waals surface area contributed by atoms with Gasteiger partial charge >= 0.3 is 0 Å². The molecule has 21 heavy (non-hydrogen) atoms. The number of unbranched alkanes of at least 4 members (excludes halogenated alkanes) is 2. The van der Waals surface area contributed by atoms with Gasteiger partial charge in [-0.15, -0.1) is 0 Å². The van der Waals surface area contributed by atoms with Crippen LogP contribution in [0.1, 0.15) is 66.2 Å². The third kappa shape index (κ3) is 4.74. The third-order valence-corrected chi connectivity index (χ3v) is 3.51. The molecule has 0 aromatic heterocycles. The summed E-state index contributed by atoms with van der Waals surface area (Å²) in [6.45, 7) is 7.64. The lowest BCUT2D eigenvalue weighted by molar-refractivity contribution is -0.257. The Morgan fingerprint density at radius 3 is 2.38 bits per heavy atom. The van der Waals surface area contributed by atoms with E-state index >= 15 is 0 Å². The number of hydrogen-bond donors (Lipinski definition) is 3. The Morgan fingerprint density at radius 1 is 1.24 bits per heavy atom. The molecule has 4 nitrogen and oxygen atoms in total. The number of ether oxygens (including phenoxy) is 1. The predicted molar refractivity (Wildman–Crippen MR) is 82.2 cm³/mol. The molecule has 3 N–H and O–H groups in total. The van der Waals surface area contributed by atoms with Crippen molar-refractivity contribution in [2.75, 3.05) is 0 Å². The molecule has 1 saturated carbocycles. The van der Waals surface area contributed by atoms with Crippen molar-refractivity contribution >= 4 is 0 Å². The molecule has 1 atom stereocenters. The fourth-order valence-corrected chi connectivity index (χ4v) is 2.34. The minimum Gasteiger partial charge on any atom is -0.489 e. The highest BCUT2D eigenvalue weighted by Crippen LogP contribution is 2.43. The van der Waals surface area contributed by atoms with Gasteiger partial charge in [0.1, 0.15) is 11.4 Å². The Labute approximate surface area is 127 Å². The van der Waals surface area contributed by atoms with Crippen molar-refractivity contribution in [3.63, 3.8) is 0 Å². The van der Waals surface area contributed by atoms with Gasteiger partial charge in [-0.25, -0.2) is 0 Å². The lowest BCUT2D eigenvalue weighted by atomic mass is 9.93. The number of allylic oxidation sites excluding steroid dienone is 1. The molecule has 0 bridgehead atoms. The average molecular weight is 296 g/mol. The van der Waals surface area contributed by atoms with Gasteiger partial charge in [-0.2, -0.15) is 0 Å². The monoisotopic (exact) mass is 296 g/mol. The van der Waals surface area contributed by atoms with Gasteiger partial charge in [0.05, 0.1) is 0 Å². The topological polar surface area (TPSA) is 69.9 Å². The van der Waals surface area contributed by atoms with Crippen LogP contribution in [0.2, 0.25) is 0 Å². The van der Waals surface area contributed by atoms with E-state index in [0.717, 1.165) is 19.3 Å². The van der Waals surface area contributed by atoms with Crippen LogP contribution in [0.15, 0.2) is 11.8 Å². The Bertz CT molecular complexity index is 434. The van der Waals surface area contributed by atoms with Crippen molar-refractivity contribution < 1.29 is 20.1 Å². The van der Waals surface area contributed by atoms with Crippen LogP contribution in [0.3, 0.4) is 0 Å². The molecular weight excluding hydrogens is 268 g/mol. The molecule has 1 unspecified atom stereocenters. The first-order valence-corrected chi connectivity index (χ1v) is 7.67. The van der Waals surface area contributed by atoms with E-state index in [1.54, 1.807) is 0 Å². The average Bonchev–Trinajstić information content (AvgIpc) is 2.61. The number of hydrogen-bond acceptors (Lipinski definition) is 4. The van der Waals surface area contributed by atoms with E-state index in [4.69, 9.17) is 4.74 Å². The van der Waals surface area contributed by atoms with Gasteiger partial charge in [0, 0.05) is 18.9 Å². The minimum absolute atomic E-state index is 0.123. The SMILES string of the molecule is CCCCC#CC=C(OC(C)(C)C)C1(O)CCCC1(O)O. The third-order valence-electron chi connectivity index (χ3n) is 3.51. The first kappa shape index (κ1) is 18.0. The Hall–Kier alpha value is -1.02. The molecule has 4 heteroatoms. The molecule has 1 fully saturated rings. The summed E-state index contributed by atoms with van der Waals surface area (Å²) < 4.78 is 5.76. The highest BCUT2D eigenvalue weighted by molar-refractivity contribution is 5.28. The molecule has 0 aliphatic heterocycles.